The second-order valence-corrected chi connectivity index (χ2v) is 4.70. The zero-order valence-electron chi connectivity index (χ0n) is 10.6. The molecule has 0 bridgehead atoms. The average molecular weight is 240 g/mol. The Morgan fingerprint density at radius 2 is 1.94 bits per heavy atom. The van der Waals surface area contributed by atoms with Crippen molar-refractivity contribution in [3.05, 3.63) is 42.9 Å². The predicted octanol–water partition coefficient (Wildman–Crippen LogP) is 2.80. The number of nitrogens with zero attached hydrogens (tertiary/aromatic N) is 4. The van der Waals surface area contributed by atoms with E-state index in [9.17, 15) is 0 Å². The van der Waals surface area contributed by atoms with Crippen LogP contribution in [0.1, 0.15) is 13.8 Å². The van der Waals surface area contributed by atoms with Crippen molar-refractivity contribution in [3.8, 4) is 0 Å². The fourth-order valence-corrected chi connectivity index (χ4v) is 2.26. The lowest BCUT2D eigenvalue weighted by atomic mass is 10.3. The molecular weight excluding hydrogens is 224 g/mol. The lowest BCUT2D eigenvalue weighted by molar-refractivity contribution is 0.702. The van der Waals surface area contributed by atoms with Gasteiger partial charge >= 0.3 is 0 Å². The van der Waals surface area contributed by atoms with E-state index in [2.05, 4.69) is 57.9 Å². The second kappa shape index (κ2) is 4.29. The van der Waals surface area contributed by atoms with Gasteiger partial charge in [0.15, 0.2) is 5.82 Å². The molecule has 4 heteroatoms. The van der Waals surface area contributed by atoms with E-state index in [0.717, 1.165) is 18.2 Å². The fraction of sp³-hybridized carbons (Fsp3) is 0.286. The van der Waals surface area contributed by atoms with Crippen LogP contribution >= 0.6 is 0 Å². The number of anilines is 3. The average Bonchev–Trinajstić information content (AvgIpc) is 2.79. The Kier molecular flexibility index (Phi) is 2.63. The summed E-state index contributed by atoms with van der Waals surface area (Å²) in [5.41, 5.74) is 2.26. The Morgan fingerprint density at radius 3 is 2.67 bits per heavy atom. The summed E-state index contributed by atoms with van der Waals surface area (Å²) in [6, 6.07) is 10.8. The number of benzene rings is 1. The van der Waals surface area contributed by atoms with Crippen LogP contribution in [-0.4, -0.2) is 22.7 Å². The first kappa shape index (κ1) is 11.0. The SMILES string of the molecule is CC(C)N1CN(c2ccccc2)c2cncnc21. The van der Waals surface area contributed by atoms with E-state index >= 15 is 0 Å². The Hall–Kier alpha value is -2.10. The number of aromatic nitrogens is 2. The molecule has 0 saturated heterocycles. The van der Waals surface area contributed by atoms with Crippen molar-refractivity contribution in [3.63, 3.8) is 0 Å². The van der Waals surface area contributed by atoms with Crippen molar-refractivity contribution in [1.82, 2.24) is 9.97 Å². The third-order valence-corrected chi connectivity index (χ3v) is 3.22. The molecule has 1 aromatic heterocycles. The van der Waals surface area contributed by atoms with Gasteiger partial charge in [-0.1, -0.05) is 18.2 Å². The molecule has 3 rings (SSSR count). The van der Waals surface area contributed by atoms with Gasteiger partial charge < -0.3 is 9.80 Å². The van der Waals surface area contributed by atoms with Gasteiger partial charge in [-0.15, -0.1) is 0 Å². The summed E-state index contributed by atoms with van der Waals surface area (Å²) in [7, 11) is 0. The molecule has 0 amide bonds. The maximum Gasteiger partial charge on any atom is 0.157 e. The quantitative estimate of drug-likeness (QED) is 0.808. The fourth-order valence-electron chi connectivity index (χ4n) is 2.26. The number of hydrogen-bond acceptors (Lipinski definition) is 4. The van der Waals surface area contributed by atoms with E-state index in [1.165, 1.54) is 5.69 Å². The third kappa shape index (κ3) is 1.70. The van der Waals surface area contributed by atoms with Crippen LogP contribution in [0.5, 0.6) is 0 Å². The normalized spacial score (nSPS) is 14.2. The van der Waals surface area contributed by atoms with Crippen molar-refractivity contribution in [2.45, 2.75) is 19.9 Å². The lowest BCUT2D eigenvalue weighted by Gasteiger charge is -2.24. The van der Waals surface area contributed by atoms with Crippen LogP contribution in [0.2, 0.25) is 0 Å². The molecule has 1 aliphatic rings. The molecule has 0 aliphatic carbocycles. The van der Waals surface area contributed by atoms with Crippen LogP contribution in [0.4, 0.5) is 17.2 Å². The number of rotatable bonds is 2. The van der Waals surface area contributed by atoms with E-state index in [1.54, 1.807) is 6.33 Å². The molecule has 1 aromatic carbocycles. The molecule has 1 aliphatic heterocycles. The number of para-hydroxylation sites is 1. The van der Waals surface area contributed by atoms with E-state index in [4.69, 9.17) is 0 Å². The van der Waals surface area contributed by atoms with Crippen molar-refractivity contribution in [1.29, 1.82) is 0 Å². The summed E-state index contributed by atoms with van der Waals surface area (Å²) in [5, 5.41) is 0. The van der Waals surface area contributed by atoms with Gasteiger partial charge in [-0.05, 0) is 26.0 Å². The molecule has 0 spiro atoms. The van der Waals surface area contributed by atoms with Crippen LogP contribution in [0, 0.1) is 0 Å². The molecule has 0 radical (unpaired) electrons. The summed E-state index contributed by atoms with van der Waals surface area (Å²) in [5.74, 6) is 1.02. The van der Waals surface area contributed by atoms with E-state index in [1.807, 2.05) is 12.3 Å². The first-order valence-electron chi connectivity index (χ1n) is 6.16. The molecule has 0 fully saturated rings. The molecule has 4 nitrogen and oxygen atoms in total. The highest BCUT2D eigenvalue weighted by Crippen LogP contribution is 2.38. The largest absolute Gasteiger partial charge is 0.334 e. The highest BCUT2D eigenvalue weighted by atomic mass is 15.4. The van der Waals surface area contributed by atoms with Gasteiger partial charge in [-0.3, -0.25) is 0 Å². The summed E-state index contributed by atoms with van der Waals surface area (Å²) in [6.07, 6.45) is 3.50. The summed E-state index contributed by atoms with van der Waals surface area (Å²) in [4.78, 5) is 13.1. The number of fused-ring (bicyclic) bond motifs is 1. The topological polar surface area (TPSA) is 32.3 Å². The first-order valence-corrected chi connectivity index (χ1v) is 6.16. The molecule has 92 valence electrons. The van der Waals surface area contributed by atoms with Crippen LogP contribution < -0.4 is 9.80 Å². The minimum atomic E-state index is 0.423. The highest BCUT2D eigenvalue weighted by Gasteiger charge is 2.29. The van der Waals surface area contributed by atoms with E-state index in [0.29, 0.717) is 6.04 Å². The van der Waals surface area contributed by atoms with E-state index in [-0.39, 0.29) is 0 Å². The molecule has 18 heavy (non-hydrogen) atoms. The summed E-state index contributed by atoms with van der Waals surface area (Å²) >= 11 is 0. The van der Waals surface area contributed by atoms with Gasteiger partial charge in [0.1, 0.15) is 12.0 Å². The van der Waals surface area contributed by atoms with Gasteiger partial charge in [0.25, 0.3) is 0 Å². The molecule has 0 atom stereocenters. The van der Waals surface area contributed by atoms with Crippen molar-refractivity contribution < 1.29 is 0 Å². The Balaban J connectivity index is 2.05. The van der Waals surface area contributed by atoms with Gasteiger partial charge in [-0.25, -0.2) is 9.97 Å². The zero-order chi connectivity index (χ0) is 12.5. The van der Waals surface area contributed by atoms with Crippen molar-refractivity contribution in [2.24, 2.45) is 0 Å². The van der Waals surface area contributed by atoms with Gasteiger partial charge in [0, 0.05) is 11.7 Å². The monoisotopic (exact) mass is 240 g/mol. The van der Waals surface area contributed by atoms with Crippen molar-refractivity contribution >= 4 is 17.2 Å². The minimum absolute atomic E-state index is 0.423. The molecule has 2 aromatic rings. The molecule has 0 N–H and O–H groups in total. The Bertz CT molecular complexity index is 539. The van der Waals surface area contributed by atoms with Gasteiger partial charge in [0.05, 0.1) is 12.9 Å². The lowest BCUT2D eigenvalue weighted by Crippen LogP contribution is -2.33. The zero-order valence-corrected chi connectivity index (χ0v) is 10.6. The maximum absolute atomic E-state index is 4.41. The molecular formula is C14H16N4. The van der Waals surface area contributed by atoms with E-state index < -0.39 is 0 Å². The van der Waals surface area contributed by atoms with Gasteiger partial charge in [0.2, 0.25) is 0 Å². The van der Waals surface area contributed by atoms with Crippen molar-refractivity contribution in [2.75, 3.05) is 16.5 Å². The molecule has 0 saturated carbocycles. The minimum Gasteiger partial charge on any atom is -0.334 e. The van der Waals surface area contributed by atoms with Crippen LogP contribution in [0.3, 0.4) is 0 Å². The number of hydrogen-bond donors (Lipinski definition) is 0. The summed E-state index contributed by atoms with van der Waals surface area (Å²) < 4.78 is 0. The first-order chi connectivity index (χ1) is 8.77. The molecule has 2 heterocycles. The Labute approximate surface area is 107 Å². The predicted molar refractivity (Wildman–Crippen MR) is 73.1 cm³/mol. The van der Waals surface area contributed by atoms with Crippen LogP contribution in [-0.2, 0) is 0 Å². The molecule has 0 unspecified atom stereocenters. The summed E-state index contributed by atoms with van der Waals surface area (Å²) in [6.45, 7) is 5.19. The highest BCUT2D eigenvalue weighted by molar-refractivity contribution is 5.78. The van der Waals surface area contributed by atoms with Crippen LogP contribution in [0.15, 0.2) is 42.9 Å². The standard InChI is InChI=1S/C14H16N4/c1-11(2)17-10-18(12-6-4-3-5-7-12)13-8-15-9-16-14(13)17/h3-9,11H,10H2,1-2H3. The van der Waals surface area contributed by atoms with Gasteiger partial charge in [-0.2, -0.15) is 0 Å². The maximum atomic E-state index is 4.41. The third-order valence-electron chi connectivity index (χ3n) is 3.22. The van der Waals surface area contributed by atoms with Crippen LogP contribution in [0.25, 0.3) is 0 Å². The Morgan fingerprint density at radius 1 is 1.17 bits per heavy atom. The second-order valence-electron chi connectivity index (χ2n) is 4.70. The smallest absolute Gasteiger partial charge is 0.157 e.